The van der Waals surface area contributed by atoms with Gasteiger partial charge in [-0.05, 0) is 39.5 Å². The van der Waals surface area contributed by atoms with Gasteiger partial charge in [0.1, 0.15) is 0 Å². The molecule has 1 heterocycles. The minimum absolute atomic E-state index is 0. The van der Waals surface area contributed by atoms with E-state index >= 15 is 0 Å². The SMILES string of the molecule is CCNC(=NCc1sc(C)nc1C)NCC(O)COCC1CC1.I. The Morgan fingerprint density at radius 2 is 2.17 bits per heavy atom. The molecule has 0 spiro atoms. The number of aliphatic hydroxyl groups excluding tert-OH is 1. The number of aryl methyl sites for hydroxylation is 2. The monoisotopic (exact) mass is 468 g/mol. The first-order valence-corrected chi connectivity index (χ1v) is 9.11. The number of thiazole rings is 1. The van der Waals surface area contributed by atoms with Crippen LogP contribution in [0.1, 0.15) is 35.3 Å². The summed E-state index contributed by atoms with van der Waals surface area (Å²) in [5.74, 6) is 1.43. The molecule has 0 aliphatic heterocycles. The summed E-state index contributed by atoms with van der Waals surface area (Å²) in [6, 6.07) is 0. The van der Waals surface area contributed by atoms with Gasteiger partial charge in [-0.15, -0.1) is 35.3 Å². The van der Waals surface area contributed by atoms with Crippen LogP contribution < -0.4 is 10.6 Å². The van der Waals surface area contributed by atoms with E-state index in [0.29, 0.717) is 25.7 Å². The van der Waals surface area contributed by atoms with E-state index in [0.717, 1.165) is 29.8 Å². The number of guanidine groups is 1. The summed E-state index contributed by atoms with van der Waals surface area (Å²) in [5.41, 5.74) is 1.04. The molecule has 6 nitrogen and oxygen atoms in total. The predicted octanol–water partition coefficient (Wildman–Crippen LogP) is 2.22. The standard InChI is InChI=1S/C16H28N4O2S.HI/c1-4-17-16(19-8-15-11(2)20-12(3)23-15)18-7-14(21)10-22-9-13-5-6-13;/h13-14,21H,4-10H2,1-3H3,(H2,17,18,19);1H. The van der Waals surface area contributed by atoms with Crippen molar-refractivity contribution >= 4 is 41.3 Å². The summed E-state index contributed by atoms with van der Waals surface area (Å²) in [7, 11) is 0. The van der Waals surface area contributed by atoms with Crippen LogP contribution in [0.4, 0.5) is 0 Å². The third-order valence-corrected chi connectivity index (χ3v) is 4.65. The number of aliphatic imine (C=N–C) groups is 1. The summed E-state index contributed by atoms with van der Waals surface area (Å²) in [6.07, 6.45) is 2.01. The lowest BCUT2D eigenvalue weighted by atomic mass is 10.3. The van der Waals surface area contributed by atoms with Crippen LogP contribution in [0.5, 0.6) is 0 Å². The minimum atomic E-state index is -0.523. The van der Waals surface area contributed by atoms with Crippen LogP contribution >= 0.6 is 35.3 Å². The molecule has 24 heavy (non-hydrogen) atoms. The van der Waals surface area contributed by atoms with Gasteiger partial charge in [-0.25, -0.2) is 9.98 Å². The van der Waals surface area contributed by atoms with Gasteiger partial charge in [-0.2, -0.15) is 0 Å². The second-order valence-corrected chi connectivity index (χ2v) is 7.24. The maximum absolute atomic E-state index is 9.95. The Kier molecular flexibility index (Phi) is 10.1. The molecule has 3 N–H and O–H groups in total. The van der Waals surface area contributed by atoms with Crippen molar-refractivity contribution in [1.29, 1.82) is 0 Å². The van der Waals surface area contributed by atoms with Gasteiger partial charge in [0.25, 0.3) is 0 Å². The average Bonchev–Trinajstić information content (AvgIpc) is 3.26. The lowest BCUT2D eigenvalue weighted by molar-refractivity contribution is 0.0345. The number of ether oxygens (including phenoxy) is 1. The topological polar surface area (TPSA) is 78.8 Å². The fourth-order valence-corrected chi connectivity index (χ4v) is 3.00. The minimum Gasteiger partial charge on any atom is -0.389 e. The van der Waals surface area contributed by atoms with E-state index in [1.54, 1.807) is 11.3 Å². The van der Waals surface area contributed by atoms with Crippen LogP contribution in [0.25, 0.3) is 0 Å². The molecule has 2 rings (SSSR count). The highest BCUT2D eigenvalue weighted by Gasteiger charge is 2.21. The van der Waals surface area contributed by atoms with E-state index in [4.69, 9.17) is 4.74 Å². The first kappa shape index (κ1) is 21.6. The van der Waals surface area contributed by atoms with Crippen molar-refractivity contribution in [2.45, 2.75) is 46.3 Å². The summed E-state index contributed by atoms with van der Waals surface area (Å²) >= 11 is 1.68. The number of aromatic nitrogens is 1. The van der Waals surface area contributed by atoms with Gasteiger partial charge in [0.15, 0.2) is 5.96 Å². The molecule has 1 aromatic rings. The molecule has 1 fully saturated rings. The smallest absolute Gasteiger partial charge is 0.191 e. The molecule has 1 aliphatic carbocycles. The van der Waals surface area contributed by atoms with Crippen LogP contribution in [0, 0.1) is 19.8 Å². The summed E-state index contributed by atoms with van der Waals surface area (Å²) in [5, 5.41) is 17.4. The third kappa shape index (κ3) is 8.09. The molecule has 1 unspecified atom stereocenters. The van der Waals surface area contributed by atoms with Crippen molar-refractivity contribution in [3.05, 3.63) is 15.6 Å². The van der Waals surface area contributed by atoms with E-state index in [1.165, 1.54) is 17.7 Å². The Morgan fingerprint density at radius 3 is 2.75 bits per heavy atom. The van der Waals surface area contributed by atoms with Crippen molar-refractivity contribution in [3.8, 4) is 0 Å². The fourth-order valence-electron chi connectivity index (χ4n) is 2.14. The highest BCUT2D eigenvalue weighted by molar-refractivity contribution is 14.0. The zero-order valence-corrected chi connectivity index (χ0v) is 17.8. The number of hydrogen-bond acceptors (Lipinski definition) is 5. The molecule has 1 aliphatic rings. The van der Waals surface area contributed by atoms with Gasteiger partial charge in [0, 0.05) is 24.6 Å². The zero-order chi connectivity index (χ0) is 16.7. The summed E-state index contributed by atoms with van der Waals surface area (Å²) in [4.78, 5) is 10.1. The van der Waals surface area contributed by atoms with Crippen LogP contribution in [-0.4, -0.2) is 48.5 Å². The van der Waals surface area contributed by atoms with E-state index in [-0.39, 0.29) is 24.0 Å². The molecule has 0 bridgehead atoms. The Bertz CT molecular complexity index is 520. The van der Waals surface area contributed by atoms with Gasteiger partial charge in [-0.1, -0.05) is 0 Å². The second-order valence-electron chi connectivity index (χ2n) is 5.95. The number of halogens is 1. The maximum Gasteiger partial charge on any atom is 0.191 e. The highest BCUT2D eigenvalue weighted by atomic mass is 127. The Morgan fingerprint density at radius 1 is 1.42 bits per heavy atom. The average molecular weight is 468 g/mol. The van der Waals surface area contributed by atoms with Crippen molar-refractivity contribution in [1.82, 2.24) is 15.6 Å². The molecule has 138 valence electrons. The van der Waals surface area contributed by atoms with E-state index in [1.807, 2.05) is 20.8 Å². The van der Waals surface area contributed by atoms with Crippen molar-refractivity contribution in [3.63, 3.8) is 0 Å². The molecule has 0 radical (unpaired) electrons. The van der Waals surface area contributed by atoms with Gasteiger partial charge in [0.2, 0.25) is 0 Å². The lowest BCUT2D eigenvalue weighted by Gasteiger charge is -2.15. The first-order chi connectivity index (χ1) is 11.1. The van der Waals surface area contributed by atoms with Crippen molar-refractivity contribution in [2.24, 2.45) is 10.9 Å². The number of nitrogens with zero attached hydrogens (tertiary/aromatic N) is 2. The molecule has 1 saturated carbocycles. The molecular formula is C16H29IN4O2S. The van der Waals surface area contributed by atoms with Crippen molar-refractivity contribution < 1.29 is 9.84 Å². The number of rotatable bonds is 9. The summed E-state index contributed by atoms with van der Waals surface area (Å²) < 4.78 is 5.50. The van der Waals surface area contributed by atoms with Crippen molar-refractivity contribution in [2.75, 3.05) is 26.3 Å². The second kappa shape index (κ2) is 11.2. The number of nitrogens with one attached hydrogen (secondary N) is 2. The van der Waals surface area contributed by atoms with E-state index in [2.05, 4.69) is 20.6 Å². The predicted molar refractivity (Wildman–Crippen MR) is 109 cm³/mol. The van der Waals surface area contributed by atoms with Crippen LogP contribution in [0.15, 0.2) is 4.99 Å². The molecule has 1 aromatic heterocycles. The largest absolute Gasteiger partial charge is 0.389 e. The molecule has 0 amide bonds. The van der Waals surface area contributed by atoms with Crippen LogP contribution in [0.2, 0.25) is 0 Å². The van der Waals surface area contributed by atoms with E-state index in [9.17, 15) is 5.11 Å². The Hall–Kier alpha value is -0.450. The van der Waals surface area contributed by atoms with Gasteiger partial charge >= 0.3 is 0 Å². The lowest BCUT2D eigenvalue weighted by Crippen LogP contribution is -2.42. The number of hydrogen-bond donors (Lipinski definition) is 3. The molecule has 8 heteroatoms. The highest BCUT2D eigenvalue weighted by Crippen LogP contribution is 2.28. The number of aliphatic hydroxyl groups is 1. The van der Waals surface area contributed by atoms with E-state index < -0.39 is 6.10 Å². The fraction of sp³-hybridized carbons (Fsp3) is 0.750. The molecular weight excluding hydrogens is 439 g/mol. The Labute approximate surface area is 165 Å². The van der Waals surface area contributed by atoms with Gasteiger partial charge in [0.05, 0.1) is 30.0 Å². The zero-order valence-electron chi connectivity index (χ0n) is 14.7. The first-order valence-electron chi connectivity index (χ1n) is 8.29. The third-order valence-electron chi connectivity index (χ3n) is 3.59. The quantitative estimate of drug-likeness (QED) is 0.294. The summed E-state index contributed by atoms with van der Waals surface area (Å²) in [6.45, 7) is 8.99. The molecule has 0 aromatic carbocycles. The van der Waals surface area contributed by atoms with Gasteiger partial charge in [-0.3, -0.25) is 0 Å². The maximum atomic E-state index is 9.95. The van der Waals surface area contributed by atoms with Crippen LogP contribution in [0.3, 0.4) is 0 Å². The molecule has 1 atom stereocenters. The Balaban J connectivity index is 0.00000288. The normalized spacial score (nSPS) is 15.8. The van der Waals surface area contributed by atoms with Gasteiger partial charge < -0.3 is 20.5 Å². The molecule has 0 saturated heterocycles. The van der Waals surface area contributed by atoms with Crippen LogP contribution in [-0.2, 0) is 11.3 Å².